The molecule has 0 bridgehead atoms. The maximum atomic E-state index is 11.3. The molecule has 6 nitrogen and oxygen atoms in total. The average Bonchev–Trinajstić information content (AvgIpc) is 2.29. The molecule has 19 heavy (non-hydrogen) atoms. The molecule has 0 saturated carbocycles. The molecule has 0 aromatic rings. The molecule has 0 heterocycles. The Morgan fingerprint density at radius 3 is 2.26 bits per heavy atom. The van der Waals surface area contributed by atoms with Crippen LogP contribution in [-0.4, -0.2) is 56.4 Å². The van der Waals surface area contributed by atoms with Crippen LogP contribution in [0.15, 0.2) is 0 Å². The third-order valence-electron chi connectivity index (χ3n) is 1.99. The number of rotatable bonds is 10. The Morgan fingerprint density at radius 1 is 1.05 bits per heavy atom. The number of nitrogens with one attached hydrogen (secondary N) is 1. The molecule has 0 spiro atoms. The van der Waals surface area contributed by atoms with Crippen LogP contribution in [0.2, 0.25) is 0 Å². The minimum Gasteiger partial charge on any atom is -0.444 e. The first-order valence-corrected chi connectivity index (χ1v) is 6.69. The fourth-order valence-electron chi connectivity index (χ4n) is 1.22. The molecule has 1 amide bonds. The van der Waals surface area contributed by atoms with Gasteiger partial charge in [0.1, 0.15) is 5.60 Å². The first kappa shape index (κ1) is 18.1. The third kappa shape index (κ3) is 15.1. The summed E-state index contributed by atoms with van der Waals surface area (Å²) in [6, 6.07) is 0. The summed E-state index contributed by atoms with van der Waals surface area (Å²) in [6.07, 6.45) is 1.33. The summed E-state index contributed by atoms with van der Waals surface area (Å²) in [5.74, 6) is 0. The zero-order chi connectivity index (χ0) is 14.6. The summed E-state index contributed by atoms with van der Waals surface area (Å²) in [4.78, 5) is 11.3. The molecule has 0 aliphatic rings. The molecule has 2 N–H and O–H groups in total. The Hall–Kier alpha value is -0.850. The number of hydrogen-bond donors (Lipinski definition) is 2. The maximum Gasteiger partial charge on any atom is 0.407 e. The van der Waals surface area contributed by atoms with Crippen LogP contribution >= 0.6 is 0 Å². The van der Waals surface area contributed by atoms with Crippen molar-refractivity contribution in [2.24, 2.45) is 0 Å². The number of amides is 1. The molecule has 0 radical (unpaired) electrons. The molecule has 0 aliphatic carbocycles. The van der Waals surface area contributed by atoms with Crippen LogP contribution in [0.4, 0.5) is 4.79 Å². The highest BCUT2D eigenvalue weighted by Crippen LogP contribution is 2.06. The van der Waals surface area contributed by atoms with Gasteiger partial charge in [-0.3, -0.25) is 0 Å². The molecule has 6 heteroatoms. The van der Waals surface area contributed by atoms with Gasteiger partial charge in [0.25, 0.3) is 0 Å². The van der Waals surface area contributed by atoms with E-state index in [1.54, 1.807) is 0 Å². The lowest BCUT2D eigenvalue weighted by Crippen LogP contribution is -2.33. The summed E-state index contributed by atoms with van der Waals surface area (Å²) in [5, 5.41) is 11.2. The first-order chi connectivity index (χ1) is 8.95. The Labute approximate surface area is 115 Å². The first-order valence-electron chi connectivity index (χ1n) is 6.69. The van der Waals surface area contributed by atoms with Crippen LogP contribution < -0.4 is 5.32 Å². The van der Waals surface area contributed by atoms with E-state index in [-0.39, 0.29) is 12.7 Å². The normalized spacial score (nSPS) is 11.4. The lowest BCUT2D eigenvalue weighted by molar-refractivity contribution is 0.0319. The molecule has 0 aromatic heterocycles. The third-order valence-corrected chi connectivity index (χ3v) is 1.99. The van der Waals surface area contributed by atoms with Crippen LogP contribution in [0, 0.1) is 0 Å². The van der Waals surface area contributed by atoms with Crippen LogP contribution in [-0.2, 0) is 14.2 Å². The second kappa shape index (κ2) is 11.0. The number of carbonyl (C=O) groups is 1. The van der Waals surface area contributed by atoms with Gasteiger partial charge in [0.2, 0.25) is 0 Å². The minimum absolute atomic E-state index is 0.0380. The molecule has 0 rings (SSSR count). The Balaban J connectivity index is 3.21. The van der Waals surface area contributed by atoms with Crippen molar-refractivity contribution >= 4 is 6.09 Å². The second-order valence-corrected chi connectivity index (χ2v) is 5.08. The van der Waals surface area contributed by atoms with E-state index in [9.17, 15) is 4.79 Å². The topological polar surface area (TPSA) is 77.0 Å². The zero-order valence-electron chi connectivity index (χ0n) is 12.2. The molecule has 0 aliphatic heterocycles. The van der Waals surface area contributed by atoms with Crippen molar-refractivity contribution in [3.05, 3.63) is 0 Å². The van der Waals surface area contributed by atoms with Crippen LogP contribution in [0.5, 0.6) is 0 Å². The highest BCUT2D eigenvalue weighted by Gasteiger charge is 2.15. The van der Waals surface area contributed by atoms with Gasteiger partial charge in [-0.2, -0.15) is 0 Å². The van der Waals surface area contributed by atoms with Crippen LogP contribution in [0.25, 0.3) is 0 Å². The summed E-state index contributed by atoms with van der Waals surface area (Å²) in [6.45, 7) is 8.13. The summed E-state index contributed by atoms with van der Waals surface area (Å²) in [7, 11) is 0. The standard InChI is InChI=1S/C13H27NO5/c1-13(2,3)19-12(16)14-6-4-5-8-17-10-11-18-9-7-15/h15H,4-11H2,1-3H3,(H,14,16). The number of carbonyl (C=O) groups excluding carboxylic acids is 1. The van der Waals surface area contributed by atoms with E-state index in [0.29, 0.717) is 33.0 Å². The van der Waals surface area contributed by atoms with Gasteiger partial charge in [-0.25, -0.2) is 4.79 Å². The lowest BCUT2D eigenvalue weighted by atomic mass is 10.2. The maximum absolute atomic E-state index is 11.3. The SMILES string of the molecule is CC(C)(C)OC(=O)NCCCCOCCOCCO. The van der Waals surface area contributed by atoms with Crippen molar-refractivity contribution in [1.29, 1.82) is 0 Å². The smallest absolute Gasteiger partial charge is 0.407 e. The molecular weight excluding hydrogens is 250 g/mol. The molecule has 0 aromatic carbocycles. The number of alkyl carbamates (subject to hydrolysis) is 1. The Kier molecular flexibility index (Phi) is 10.5. The molecule has 0 saturated heterocycles. The van der Waals surface area contributed by atoms with Crippen molar-refractivity contribution in [3.8, 4) is 0 Å². The minimum atomic E-state index is -0.457. The van der Waals surface area contributed by atoms with Gasteiger partial charge in [0.05, 0.1) is 26.4 Å². The number of ether oxygens (including phenoxy) is 3. The molecule has 0 atom stereocenters. The van der Waals surface area contributed by atoms with Gasteiger partial charge in [0.15, 0.2) is 0 Å². The number of unbranched alkanes of at least 4 members (excludes halogenated alkanes) is 1. The quantitative estimate of drug-likeness (QED) is 0.589. The van der Waals surface area contributed by atoms with Crippen molar-refractivity contribution < 1.29 is 24.1 Å². The largest absolute Gasteiger partial charge is 0.444 e. The lowest BCUT2D eigenvalue weighted by Gasteiger charge is -2.19. The van der Waals surface area contributed by atoms with Crippen molar-refractivity contribution in [2.45, 2.75) is 39.2 Å². The molecule has 0 unspecified atom stereocenters. The van der Waals surface area contributed by atoms with Crippen molar-refractivity contribution in [2.75, 3.05) is 39.6 Å². The van der Waals surface area contributed by atoms with Gasteiger partial charge in [-0.05, 0) is 33.6 Å². The van der Waals surface area contributed by atoms with E-state index in [1.165, 1.54) is 0 Å². The Morgan fingerprint density at radius 2 is 1.68 bits per heavy atom. The number of aliphatic hydroxyl groups excluding tert-OH is 1. The number of aliphatic hydroxyl groups is 1. The van der Waals surface area contributed by atoms with E-state index >= 15 is 0 Å². The van der Waals surface area contributed by atoms with E-state index in [0.717, 1.165) is 12.8 Å². The van der Waals surface area contributed by atoms with Gasteiger partial charge in [-0.15, -0.1) is 0 Å². The average molecular weight is 277 g/mol. The van der Waals surface area contributed by atoms with Crippen LogP contribution in [0.1, 0.15) is 33.6 Å². The summed E-state index contributed by atoms with van der Waals surface area (Å²) >= 11 is 0. The summed E-state index contributed by atoms with van der Waals surface area (Å²) < 4.78 is 15.5. The van der Waals surface area contributed by atoms with Crippen molar-refractivity contribution in [3.63, 3.8) is 0 Å². The summed E-state index contributed by atoms with van der Waals surface area (Å²) in [5.41, 5.74) is -0.457. The zero-order valence-corrected chi connectivity index (χ0v) is 12.2. The number of hydrogen-bond acceptors (Lipinski definition) is 5. The monoisotopic (exact) mass is 277 g/mol. The van der Waals surface area contributed by atoms with Crippen molar-refractivity contribution in [1.82, 2.24) is 5.32 Å². The highest BCUT2D eigenvalue weighted by atomic mass is 16.6. The Bertz CT molecular complexity index is 228. The van der Waals surface area contributed by atoms with Gasteiger partial charge in [0, 0.05) is 13.2 Å². The predicted molar refractivity (Wildman–Crippen MR) is 72.2 cm³/mol. The molecule has 0 fully saturated rings. The van der Waals surface area contributed by atoms with Gasteiger partial charge in [-0.1, -0.05) is 0 Å². The molecule has 114 valence electrons. The van der Waals surface area contributed by atoms with Crippen LogP contribution in [0.3, 0.4) is 0 Å². The van der Waals surface area contributed by atoms with E-state index < -0.39 is 5.60 Å². The van der Waals surface area contributed by atoms with E-state index in [4.69, 9.17) is 19.3 Å². The van der Waals surface area contributed by atoms with E-state index in [2.05, 4.69) is 5.32 Å². The van der Waals surface area contributed by atoms with Gasteiger partial charge < -0.3 is 24.6 Å². The fraction of sp³-hybridized carbons (Fsp3) is 0.923. The van der Waals surface area contributed by atoms with Gasteiger partial charge >= 0.3 is 6.09 Å². The fourth-order valence-corrected chi connectivity index (χ4v) is 1.22. The second-order valence-electron chi connectivity index (χ2n) is 5.08. The highest BCUT2D eigenvalue weighted by molar-refractivity contribution is 5.67. The predicted octanol–water partition coefficient (Wildman–Crippen LogP) is 1.32. The van der Waals surface area contributed by atoms with E-state index in [1.807, 2.05) is 20.8 Å². The molecular formula is C13H27NO5.